The van der Waals surface area contributed by atoms with E-state index in [9.17, 15) is 4.79 Å². The van der Waals surface area contributed by atoms with Crippen molar-refractivity contribution in [3.8, 4) is 5.75 Å². The fraction of sp³-hybridized carbons (Fsp3) is 0.353. The third-order valence-electron chi connectivity index (χ3n) is 3.53. The van der Waals surface area contributed by atoms with Gasteiger partial charge in [0, 0.05) is 12.2 Å². The minimum absolute atomic E-state index is 0.0771. The van der Waals surface area contributed by atoms with Crippen LogP contribution >= 0.6 is 11.8 Å². The summed E-state index contributed by atoms with van der Waals surface area (Å²) in [4.78, 5) is 11.1. The fourth-order valence-corrected chi connectivity index (χ4v) is 3.48. The summed E-state index contributed by atoms with van der Waals surface area (Å²) < 4.78 is 11.5. The van der Waals surface area contributed by atoms with E-state index in [-0.39, 0.29) is 16.5 Å². The molecule has 2 aromatic rings. The van der Waals surface area contributed by atoms with Crippen LogP contribution in [-0.4, -0.2) is 29.7 Å². The third kappa shape index (κ3) is 3.77. The van der Waals surface area contributed by atoms with Crippen LogP contribution in [0.1, 0.15) is 13.3 Å². The minimum Gasteiger partial charge on any atom is -0.491 e. The van der Waals surface area contributed by atoms with E-state index >= 15 is 0 Å². The molecule has 1 heterocycles. The van der Waals surface area contributed by atoms with Crippen molar-refractivity contribution < 1.29 is 14.3 Å². The van der Waals surface area contributed by atoms with Gasteiger partial charge in [0.2, 0.25) is 0 Å². The van der Waals surface area contributed by atoms with Crippen LogP contribution in [0.5, 0.6) is 5.75 Å². The van der Waals surface area contributed by atoms with Crippen LogP contribution in [-0.2, 0) is 9.53 Å². The van der Waals surface area contributed by atoms with Gasteiger partial charge in [-0.3, -0.25) is 4.79 Å². The zero-order valence-electron chi connectivity index (χ0n) is 12.0. The van der Waals surface area contributed by atoms with Crippen LogP contribution in [0, 0.1) is 0 Å². The standard InChI is InChI=1S/C17H18O3S/c1-12(18)21-17-9-16(20-11-17)10-19-15-7-6-13-4-2-3-5-14(13)8-15/h2-8,16-17H,9-11H2,1H3/t16-,17+/m0/s1. The van der Waals surface area contributed by atoms with E-state index < -0.39 is 0 Å². The second-order valence-corrected chi connectivity index (χ2v) is 6.72. The average Bonchev–Trinajstić information content (AvgIpc) is 2.91. The van der Waals surface area contributed by atoms with Crippen molar-refractivity contribution in [2.75, 3.05) is 13.2 Å². The van der Waals surface area contributed by atoms with Crippen molar-refractivity contribution in [3.05, 3.63) is 42.5 Å². The largest absolute Gasteiger partial charge is 0.491 e. The molecule has 0 unspecified atom stereocenters. The Balaban J connectivity index is 1.56. The maximum atomic E-state index is 11.1. The van der Waals surface area contributed by atoms with Crippen molar-refractivity contribution in [2.45, 2.75) is 24.7 Å². The van der Waals surface area contributed by atoms with Crippen LogP contribution in [0.4, 0.5) is 0 Å². The molecule has 2 atom stereocenters. The number of carbonyl (C=O) groups is 1. The maximum Gasteiger partial charge on any atom is 0.186 e. The first-order valence-corrected chi connectivity index (χ1v) is 7.99. The number of ether oxygens (including phenoxy) is 2. The van der Waals surface area contributed by atoms with Crippen LogP contribution < -0.4 is 4.74 Å². The van der Waals surface area contributed by atoms with Gasteiger partial charge >= 0.3 is 0 Å². The molecule has 110 valence electrons. The lowest BCUT2D eigenvalue weighted by Crippen LogP contribution is -2.16. The summed E-state index contributed by atoms with van der Waals surface area (Å²) in [5, 5.41) is 2.81. The topological polar surface area (TPSA) is 35.5 Å². The summed E-state index contributed by atoms with van der Waals surface area (Å²) in [6, 6.07) is 14.3. The molecule has 4 heteroatoms. The molecule has 0 aromatic heterocycles. The highest BCUT2D eigenvalue weighted by Crippen LogP contribution is 2.26. The van der Waals surface area contributed by atoms with E-state index in [0.717, 1.165) is 12.2 Å². The monoisotopic (exact) mass is 302 g/mol. The molecule has 0 radical (unpaired) electrons. The van der Waals surface area contributed by atoms with Gasteiger partial charge in [0.1, 0.15) is 12.4 Å². The fourth-order valence-electron chi connectivity index (χ4n) is 2.55. The molecule has 21 heavy (non-hydrogen) atoms. The Morgan fingerprint density at radius 1 is 1.29 bits per heavy atom. The SMILES string of the molecule is CC(=O)S[C@H]1CO[C@H](COc2ccc3ccccc3c2)C1. The van der Waals surface area contributed by atoms with Gasteiger partial charge < -0.3 is 9.47 Å². The van der Waals surface area contributed by atoms with Crippen molar-refractivity contribution in [2.24, 2.45) is 0 Å². The van der Waals surface area contributed by atoms with Crippen LogP contribution in [0.3, 0.4) is 0 Å². The Labute approximate surface area is 128 Å². The van der Waals surface area contributed by atoms with Crippen LogP contribution in [0.15, 0.2) is 42.5 Å². The number of fused-ring (bicyclic) bond motifs is 1. The second-order valence-electron chi connectivity index (χ2n) is 5.24. The summed E-state index contributed by atoms with van der Waals surface area (Å²) in [7, 11) is 0. The Bertz CT molecular complexity index is 641. The van der Waals surface area contributed by atoms with Gasteiger partial charge in [-0.2, -0.15) is 0 Å². The minimum atomic E-state index is 0.0771. The summed E-state index contributed by atoms with van der Waals surface area (Å²) >= 11 is 1.37. The molecule has 0 N–H and O–H groups in total. The zero-order chi connectivity index (χ0) is 14.7. The quantitative estimate of drug-likeness (QED) is 0.863. The predicted octanol–water partition coefficient (Wildman–Crippen LogP) is 3.66. The van der Waals surface area contributed by atoms with Gasteiger partial charge in [-0.1, -0.05) is 42.1 Å². The lowest BCUT2D eigenvalue weighted by atomic mass is 10.1. The Morgan fingerprint density at radius 3 is 2.90 bits per heavy atom. The van der Waals surface area contributed by atoms with E-state index in [2.05, 4.69) is 18.2 Å². The van der Waals surface area contributed by atoms with Crippen molar-refractivity contribution in [1.82, 2.24) is 0 Å². The number of hydrogen-bond acceptors (Lipinski definition) is 4. The molecule has 0 bridgehead atoms. The van der Waals surface area contributed by atoms with Crippen molar-refractivity contribution in [3.63, 3.8) is 0 Å². The zero-order valence-corrected chi connectivity index (χ0v) is 12.8. The summed E-state index contributed by atoms with van der Waals surface area (Å²) in [6.07, 6.45) is 0.950. The number of carbonyl (C=O) groups excluding carboxylic acids is 1. The Hall–Kier alpha value is -1.52. The van der Waals surface area contributed by atoms with Crippen LogP contribution in [0.25, 0.3) is 10.8 Å². The van der Waals surface area contributed by atoms with Gasteiger partial charge in [-0.15, -0.1) is 0 Å². The van der Waals surface area contributed by atoms with E-state index in [0.29, 0.717) is 13.2 Å². The van der Waals surface area contributed by atoms with E-state index in [1.165, 1.54) is 22.5 Å². The molecule has 3 nitrogen and oxygen atoms in total. The van der Waals surface area contributed by atoms with Crippen molar-refractivity contribution >= 4 is 27.6 Å². The summed E-state index contributed by atoms with van der Waals surface area (Å²) in [5.74, 6) is 0.861. The number of thioether (sulfide) groups is 1. The molecule has 0 saturated carbocycles. The molecule has 1 aliphatic rings. The molecule has 0 amide bonds. The average molecular weight is 302 g/mol. The summed E-state index contributed by atoms with van der Waals surface area (Å²) in [5.41, 5.74) is 0. The smallest absolute Gasteiger partial charge is 0.186 e. The molecule has 2 aromatic carbocycles. The van der Waals surface area contributed by atoms with E-state index in [1.807, 2.05) is 24.3 Å². The molecule has 0 aliphatic carbocycles. The Kier molecular flexibility index (Phi) is 4.46. The molecular weight excluding hydrogens is 284 g/mol. The first-order chi connectivity index (χ1) is 10.2. The highest BCUT2D eigenvalue weighted by Gasteiger charge is 2.27. The number of hydrogen-bond donors (Lipinski definition) is 0. The summed E-state index contributed by atoms with van der Waals surface area (Å²) in [6.45, 7) is 2.77. The lowest BCUT2D eigenvalue weighted by molar-refractivity contribution is -0.109. The lowest BCUT2D eigenvalue weighted by Gasteiger charge is -2.12. The highest BCUT2D eigenvalue weighted by molar-refractivity contribution is 8.14. The normalized spacial score (nSPS) is 21.6. The van der Waals surface area contributed by atoms with E-state index in [4.69, 9.17) is 9.47 Å². The van der Waals surface area contributed by atoms with Gasteiger partial charge in [0.05, 0.1) is 12.7 Å². The van der Waals surface area contributed by atoms with Gasteiger partial charge in [-0.05, 0) is 29.3 Å². The first kappa shape index (κ1) is 14.4. The van der Waals surface area contributed by atoms with E-state index in [1.54, 1.807) is 6.92 Å². The van der Waals surface area contributed by atoms with Gasteiger partial charge in [0.15, 0.2) is 5.12 Å². The first-order valence-electron chi connectivity index (χ1n) is 7.11. The van der Waals surface area contributed by atoms with Gasteiger partial charge in [0.25, 0.3) is 0 Å². The molecular formula is C17H18O3S. The maximum absolute atomic E-state index is 11.1. The number of rotatable bonds is 4. The highest BCUT2D eigenvalue weighted by atomic mass is 32.2. The van der Waals surface area contributed by atoms with Gasteiger partial charge in [-0.25, -0.2) is 0 Å². The van der Waals surface area contributed by atoms with Crippen LogP contribution in [0.2, 0.25) is 0 Å². The second kappa shape index (κ2) is 6.50. The van der Waals surface area contributed by atoms with Crippen molar-refractivity contribution in [1.29, 1.82) is 0 Å². The third-order valence-corrected chi connectivity index (χ3v) is 4.53. The number of benzene rings is 2. The molecule has 0 spiro atoms. The Morgan fingerprint density at radius 2 is 2.10 bits per heavy atom. The molecule has 3 rings (SSSR count). The molecule has 1 saturated heterocycles. The predicted molar refractivity (Wildman–Crippen MR) is 85.9 cm³/mol. The molecule has 1 aliphatic heterocycles. The molecule has 1 fully saturated rings.